The maximum atomic E-state index is 13.5. The van der Waals surface area contributed by atoms with Crippen molar-refractivity contribution in [2.24, 2.45) is 0 Å². The first kappa shape index (κ1) is 22.1. The van der Waals surface area contributed by atoms with Gasteiger partial charge in [0.05, 0.1) is 12.2 Å². The number of nitrogens with one attached hydrogen (secondary N) is 2. The molecule has 8 heteroatoms. The summed E-state index contributed by atoms with van der Waals surface area (Å²) in [5, 5.41) is 5.59. The van der Waals surface area contributed by atoms with E-state index in [0.717, 1.165) is 29.4 Å². The quantitative estimate of drug-likeness (QED) is 0.566. The Bertz CT molecular complexity index is 937. The van der Waals surface area contributed by atoms with Crippen molar-refractivity contribution in [3.8, 4) is 0 Å². The molecule has 0 saturated heterocycles. The van der Waals surface area contributed by atoms with Gasteiger partial charge < -0.3 is 20.3 Å². The molecule has 2 amide bonds. The van der Waals surface area contributed by atoms with Crippen molar-refractivity contribution in [3.05, 3.63) is 51.5 Å². The summed E-state index contributed by atoms with van der Waals surface area (Å²) >= 11 is 1.47. The van der Waals surface area contributed by atoms with Gasteiger partial charge in [0, 0.05) is 34.1 Å². The Kier molecular flexibility index (Phi) is 7.73. The normalized spacial score (nSPS) is 14.3. The van der Waals surface area contributed by atoms with Crippen LogP contribution in [-0.2, 0) is 20.9 Å². The Morgan fingerprint density at radius 1 is 1.27 bits per heavy atom. The van der Waals surface area contributed by atoms with Gasteiger partial charge in [-0.05, 0) is 49.5 Å². The van der Waals surface area contributed by atoms with E-state index >= 15 is 0 Å². The lowest BCUT2D eigenvalue weighted by Crippen LogP contribution is -2.36. The molecular formula is C22H26FN3O3S. The molecule has 0 fully saturated rings. The van der Waals surface area contributed by atoms with Crippen LogP contribution in [0.4, 0.5) is 10.1 Å². The number of halogens is 1. The van der Waals surface area contributed by atoms with Gasteiger partial charge >= 0.3 is 0 Å². The summed E-state index contributed by atoms with van der Waals surface area (Å²) < 4.78 is 19.1. The van der Waals surface area contributed by atoms with Gasteiger partial charge in [-0.1, -0.05) is 13.8 Å². The molecule has 0 aliphatic carbocycles. The highest BCUT2D eigenvalue weighted by atomic mass is 32.1. The summed E-state index contributed by atoms with van der Waals surface area (Å²) in [7, 11) is 0. The first-order valence-corrected chi connectivity index (χ1v) is 10.8. The van der Waals surface area contributed by atoms with Gasteiger partial charge in [0.1, 0.15) is 12.4 Å². The van der Waals surface area contributed by atoms with E-state index in [1.54, 1.807) is 12.1 Å². The lowest BCUT2D eigenvalue weighted by Gasteiger charge is -2.17. The second kappa shape index (κ2) is 10.5. The second-order valence-electron chi connectivity index (χ2n) is 6.88. The van der Waals surface area contributed by atoms with E-state index < -0.39 is 0 Å². The number of carbonyl (C=O) groups is 2. The molecular weight excluding hydrogens is 405 g/mol. The number of nitrogens with zero attached hydrogens (tertiary/aromatic N) is 1. The molecule has 30 heavy (non-hydrogen) atoms. The molecule has 0 saturated carbocycles. The third-order valence-electron chi connectivity index (χ3n) is 4.86. The molecule has 2 N–H and O–H groups in total. The summed E-state index contributed by atoms with van der Waals surface area (Å²) in [5.41, 5.74) is 1.61. The highest BCUT2D eigenvalue weighted by molar-refractivity contribution is 7.13. The first-order chi connectivity index (χ1) is 14.5. The van der Waals surface area contributed by atoms with Crippen molar-refractivity contribution in [1.82, 2.24) is 10.2 Å². The molecule has 1 aromatic carbocycles. The minimum Gasteiger partial charge on any atom is -0.366 e. The van der Waals surface area contributed by atoms with E-state index in [0.29, 0.717) is 30.0 Å². The lowest BCUT2D eigenvalue weighted by molar-refractivity contribution is -0.126. The van der Waals surface area contributed by atoms with E-state index in [1.807, 2.05) is 12.1 Å². The average Bonchev–Trinajstić information content (AvgIpc) is 3.30. The lowest BCUT2D eigenvalue weighted by atomic mass is 10.1. The highest BCUT2D eigenvalue weighted by Gasteiger charge is 2.24. The van der Waals surface area contributed by atoms with Crippen LogP contribution in [-0.4, -0.2) is 49.5 Å². The number of likely N-dealkylation sites (N-methyl/N-ethyl adjacent to an activating group) is 1. The molecule has 1 aliphatic heterocycles. The molecule has 0 radical (unpaired) electrons. The van der Waals surface area contributed by atoms with Crippen LogP contribution >= 0.6 is 11.3 Å². The number of fused-ring (bicyclic) bond motifs is 1. The van der Waals surface area contributed by atoms with Crippen LogP contribution in [0.5, 0.6) is 0 Å². The average molecular weight is 432 g/mol. The fraction of sp³-hybridized carbons (Fsp3) is 0.364. The monoisotopic (exact) mass is 431 g/mol. The van der Waals surface area contributed by atoms with Gasteiger partial charge in [-0.25, -0.2) is 4.39 Å². The van der Waals surface area contributed by atoms with Gasteiger partial charge in [-0.2, -0.15) is 0 Å². The largest absolute Gasteiger partial charge is 0.366 e. The molecule has 3 rings (SSSR count). The third kappa shape index (κ3) is 5.75. The Labute approximate surface area is 179 Å². The Balaban J connectivity index is 1.49. The summed E-state index contributed by atoms with van der Waals surface area (Å²) in [4.78, 5) is 28.1. The Morgan fingerprint density at radius 3 is 2.83 bits per heavy atom. The van der Waals surface area contributed by atoms with Gasteiger partial charge in [-0.15, -0.1) is 11.3 Å². The van der Waals surface area contributed by atoms with Gasteiger partial charge in [0.2, 0.25) is 5.91 Å². The van der Waals surface area contributed by atoms with Crippen LogP contribution in [0, 0.1) is 5.82 Å². The number of benzene rings is 1. The standard InChI is InChI=1S/C22H26FN3O3S/c1-3-26(4-2)10-9-24-21(27)14-29-13-17-7-6-16(30-17)12-19-18-11-15(23)5-8-20(18)25-22(19)28/h5-8,11-12H,3-4,9-10,13-14H2,1-2H3,(H,24,27)(H,25,28)/b19-12-. The SMILES string of the molecule is CCN(CC)CCNC(=O)COCc1ccc(/C=C2\C(=O)Nc3ccc(F)cc32)s1. The second-order valence-corrected chi connectivity index (χ2v) is 8.08. The molecule has 6 nitrogen and oxygen atoms in total. The predicted octanol–water partition coefficient (Wildman–Crippen LogP) is 3.35. The summed E-state index contributed by atoms with van der Waals surface area (Å²) in [6.07, 6.45) is 1.74. The van der Waals surface area contributed by atoms with Crippen molar-refractivity contribution < 1.29 is 18.7 Å². The predicted molar refractivity (Wildman–Crippen MR) is 118 cm³/mol. The van der Waals surface area contributed by atoms with Crippen molar-refractivity contribution in [2.45, 2.75) is 20.5 Å². The smallest absolute Gasteiger partial charge is 0.256 e. The molecule has 2 heterocycles. The van der Waals surface area contributed by atoms with Gasteiger partial charge in [0.25, 0.3) is 5.91 Å². The number of rotatable bonds is 10. The summed E-state index contributed by atoms with van der Waals surface area (Å²) in [5.74, 6) is -0.766. The number of hydrogen-bond acceptors (Lipinski definition) is 5. The Morgan fingerprint density at radius 2 is 2.07 bits per heavy atom. The fourth-order valence-electron chi connectivity index (χ4n) is 3.18. The molecule has 1 aliphatic rings. The molecule has 0 atom stereocenters. The van der Waals surface area contributed by atoms with E-state index in [1.165, 1.54) is 23.5 Å². The minimum atomic E-state index is -0.383. The summed E-state index contributed by atoms with van der Waals surface area (Å²) in [6, 6.07) is 8.02. The number of ether oxygens (including phenoxy) is 1. The van der Waals surface area contributed by atoms with Crippen LogP contribution in [0.25, 0.3) is 11.6 Å². The Hall–Kier alpha value is -2.55. The van der Waals surface area contributed by atoms with E-state index in [2.05, 4.69) is 29.4 Å². The molecule has 160 valence electrons. The van der Waals surface area contributed by atoms with Crippen LogP contribution in [0.3, 0.4) is 0 Å². The van der Waals surface area contributed by atoms with Gasteiger partial charge in [0.15, 0.2) is 0 Å². The number of carbonyl (C=O) groups excluding carboxylic acids is 2. The van der Waals surface area contributed by atoms with Crippen molar-refractivity contribution >= 4 is 40.5 Å². The van der Waals surface area contributed by atoms with Crippen molar-refractivity contribution in [3.63, 3.8) is 0 Å². The topological polar surface area (TPSA) is 70.7 Å². The molecule has 1 aromatic heterocycles. The molecule has 0 unspecified atom stereocenters. The number of hydrogen-bond donors (Lipinski definition) is 2. The minimum absolute atomic E-state index is 0.00162. The summed E-state index contributed by atoms with van der Waals surface area (Å²) in [6.45, 7) is 7.85. The van der Waals surface area contributed by atoms with E-state index in [-0.39, 0.29) is 24.2 Å². The zero-order chi connectivity index (χ0) is 21.5. The maximum Gasteiger partial charge on any atom is 0.256 e. The number of anilines is 1. The van der Waals surface area contributed by atoms with Crippen LogP contribution in [0.2, 0.25) is 0 Å². The maximum absolute atomic E-state index is 13.5. The van der Waals surface area contributed by atoms with E-state index in [9.17, 15) is 14.0 Å². The third-order valence-corrected chi connectivity index (χ3v) is 5.86. The van der Waals surface area contributed by atoms with Crippen molar-refractivity contribution in [2.75, 3.05) is 38.1 Å². The van der Waals surface area contributed by atoms with Crippen molar-refractivity contribution in [1.29, 1.82) is 0 Å². The highest BCUT2D eigenvalue weighted by Crippen LogP contribution is 2.34. The zero-order valence-electron chi connectivity index (χ0n) is 17.2. The fourth-order valence-corrected chi connectivity index (χ4v) is 4.08. The molecule has 0 bridgehead atoms. The van der Waals surface area contributed by atoms with Crippen LogP contribution < -0.4 is 10.6 Å². The van der Waals surface area contributed by atoms with Crippen LogP contribution in [0.15, 0.2) is 30.3 Å². The first-order valence-electron chi connectivity index (χ1n) is 9.98. The number of thiophene rings is 1. The van der Waals surface area contributed by atoms with E-state index in [4.69, 9.17) is 4.74 Å². The zero-order valence-corrected chi connectivity index (χ0v) is 18.0. The molecule has 2 aromatic rings. The van der Waals surface area contributed by atoms with Crippen LogP contribution in [0.1, 0.15) is 29.2 Å². The molecule has 0 spiro atoms. The van der Waals surface area contributed by atoms with Gasteiger partial charge in [-0.3, -0.25) is 9.59 Å². The number of amides is 2.